The summed E-state index contributed by atoms with van der Waals surface area (Å²) >= 11 is 1.55. The van der Waals surface area contributed by atoms with Gasteiger partial charge in [0.1, 0.15) is 5.75 Å². The maximum atomic E-state index is 11.1. The molecule has 0 saturated heterocycles. The van der Waals surface area contributed by atoms with E-state index in [1.54, 1.807) is 29.7 Å². The molecule has 1 heterocycles. The first-order valence-corrected chi connectivity index (χ1v) is 10.8. The summed E-state index contributed by atoms with van der Waals surface area (Å²) in [6.45, 7) is 1.17. The monoisotopic (exact) mass is 430 g/mol. The van der Waals surface area contributed by atoms with E-state index in [1.807, 2.05) is 41.8 Å². The van der Waals surface area contributed by atoms with Crippen molar-refractivity contribution in [1.29, 1.82) is 0 Å². The smallest absolute Gasteiger partial charge is 0.335 e. The Morgan fingerprint density at radius 1 is 1.06 bits per heavy atom. The van der Waals surface area contributed by atoms with Gasteiger partial charge in [-0.1, -0.05) is 54.6 Å². The minimum Gasteiger partial charge on any atom is -0.493 e. The number of hydrogen-bond acceptors (Lipinski definition) is 5. The van der Waals surface area contributed by atoms with Gasteiger partial charge in [-0.3, -0.25) is 0 Å². The standard InChI is InChI=1S/C25H22N2O3S/c28-24(29)21-10-8-18(9-11-21)16-19(17-27-25-26-13-15-31-25)12-14-30-23-7-3-5-20-4-1-2-6-22(20)23/h1-11,13,15-16H,12,14,17H2,(H,26,27)(H,28,29). The molecule has 0 atom stereocenters. The number of aromatic carboxylic acids is 1. The SMILES string of the molecule is O=C(O)c1ccc(C=C(CCOc2cccc3ccccc23)CNc2nccs2)cc1. The van der Waals surface area contributed by atoms with Crippen LogP contribution in [0.25, 0.3) is 16.8 Å². The van der Waals surface area contributed by atoms with E-state index in [4.69, 9.17) is 9.84 Å². The van der Waals surface area contributed by atoms with Crippen LogP contribution in [-0.4, -0.2) is 29.2 Å². The molecule has 0 spiro atoms. The number of hydrogen-bond donors (Lipinski definition) is 2. The van der Waals surface area contributed by atoms with Crippen LogP contribution in [0.4, 0.5) is 5.13 Å². The first-order chi connectivity index (χ1) is 15.2. The highest BCUT2D eigenvalue weighted by atomic mass is 32.1. The lowest BCUT2D eigenvalue weighted by Gasteiger charge is -2.12. The Labute approximate surface area is 184 Å². The number of benzene rings is 3. The van der Waals surface area contributed by atoms with Crippen LogP contribution in [0.2, 0.25) is 0 Å². The average Bonchev–Trinajstić information content (AvgIpc) is 3.31. The maximum Gasteiger partial charge on any atom is 0.335 e. The second-order valence-corrected chi connectivity index (χ2v) is 7.89. The van der Waals surface area contributed by atoms with Gasteiger partial charge in [-0.05, 0) is 34.7 Å². The van der Waals surface area contributed by atoms with Gasteiger partial charge < -0.3 is 15.2 Å². The summed E-state index contributed by atoms with van der Waals surface area (Å²) in [6, 6.07) is 21.1. The van der Waals surface area contributed by atoms with E-state index in [0.717, 1.165) is 39.2 Å². The van der Waals surface area contributed by atoms with Gasteiger partial charge in [0.05, 0.1) is 12.2 Å². The van der Waals surface area contributed by atoms with Gasteiger partial charge in [-0.15, -0.1) is 11.3 Å². The summed E-state index contributed by atoms with van der Waals surface area (Å²) < 4.78 is 6.12. The molecule has 6 heteroatoms. The topological polar surface area (TPSA) is 71.5 Å². The van der Waals surface area contributed by atoms with E-state index >= 15 is 0 Å². The number of thiazole rings is 1. The van der Waals surface area contributed by atoms with Crippen LogP contribution in [0.5, 0.6) is 5.75 Å². The number of rotatable bonds is 9. The van der Waals surface area contributed by atoms with Crippen LogP contribution < -0.4 is 10.1 Å². The molecule has 3 aromatic carbocycles. The fourth-order valence-corrected chi connectivity index (χ4v) is 3.81. The summed E-state index contributed by atoms with van der Waals surface area (Å²) in [6.07, 6.45) is 4.56. The first kappa shape index (κ1) is 20.6. The van der Waals surface area contributed by atoms with Gasteiger partial charge in [-0.25, -0.2) is 9.78 Å². The predicted molar refractivity (Wildman–Crippen MR) is 126 cm³/mol. The quantitative estimate of drug-likeness (QED) is 0.343. The van der Waals surface area contributed by atoms with Crippen molar-refractivity contribution >= 4 is 39.3 Å². The van der Waals surface area contributed by atoms with Gasteiger partial charge in [0.2, 0.25) is 0 Å². The number of ether oxygens (including phenoxy) is 1. The molecule has 4 aromatic rings. The van der Waals surface area contributed by atoms with Crippen LogP contribution in [0, 0.1) is 0 Å². The van der Waals surface area contributed by atoms with Gasteiger partial charge in [0.15, 0.2) is 5.13 Å². The molecular weight excluding hydrogens is 408 g/mol. The molecule has 4 rings (SSSR count). The van der Waals surface area contributed by atoms with Crippen molar-refractivity contribution in [1.82, 2.24) is 4.98 Å². The number of aromatic nitrogens is 1. The molecule has 0 bridgehead atoms. The molecule has 31 heavy (non-hydrogen) atoms. The molecule has 1 aromatic heterocycles. The minimum absolute atomic E-state index is 0.277. The lowest BCUT2D eigenvalue weighted by atomic mass is 10.1. The minimum atomic E-state index is -0.926. The molecule has 156 valence electrons. The van der Waals surface area contributed by atoms with E-state index in [2.05, 4.69) is 34.6 Å². The van der Waals surface area contributed by atoms with Crippen molar-refractivity contribution < 1.29 is 14.6 Å². The van der Waals surface area contributed by atoms with E-state index in [9.17, 15) is 4.79 Å². The van der Waals surface area contributed by atoms with Crippen LogP contribution in [0.15, 0.2) is 83.9 Å². The summed E-state index contributed by atoms with van der Waals surface area (Å²) in [5.74, 6) is -0.0548. The third kappa shape index (κ3) is 5.49. The molecule has 0 aliphatic heterocycles. The van der Waals surface area contributed by atoms with Crippen molar-refractivity contribution in [2.45, 2.75) is 6.42 Å². The zero-order valence-electron chi connectivity index (χ0n) is 16.8. The Balaban J connectivity index is 1.47. The van der Waals surface area contributed by atoms with Gasteiger partial charge in [0.25, 0.3) is 0 Å². The van der Waals surface area contributed by atoms with Crippen molar-refractivity contribution in [3.05, 3.63) is 95.0 Å². The largest absolute Gasteiger partial charge is 0.493 e. The first-order valence-electron chi connectivity index (χ1n) is 9.96. The molecule has 0 aliphatic rings. The number of carbonyl (C=O) groups is 1. The lowest BCUT2D eigenvalue weighted by Crippen LogP contribution is -2.08. The molecule has 0 radical (unpaired) electrons. The fraction of sp³-hybridized carbons (Fsp3) is 0.120. The predicted octanol–water partition coefficient (Wildman–Crippen LogP) is 5.96. The highest BCUT2D eigenvalue weighted by Crippen LogP contribution is 2.25. The van der Waals surface area contributed by atoms with E-state index in [-0.39, 0.29) is 5.56 Å². The molecule has 0 aliphatic carbocycles. The van der Waals surface area contributed by atoms with Gasteiger partial charge in [0, 0.05) is 29.9 Å². The Kier molecular flexibility index (Phi) is 6.59. The summed E-state index contributed by atoms with van der Waals surface area (Å²) in [5, 5.41) is 17.5. The third-order valence-corrected chi connectivity index (χ3v) is 5.59. The fourth-order valence-electron chi connectivity index (χ4n) is 3.28. The Bertz CT molecular complexity index is 1180. The number of carboxylic acid groups (broad SMARTS) is 1. The zero-order valence-corrected chi connectivity index (χ0v) is 17.6. The van der Waals surface area contributed by atoms with E-state index < -0.39 is 5.97 Å². The van der Waals surface area contributed by atoms with Crippen molar-refractivity contribution in [3.8, 4) is 5.75 Å². The number of carboxylic acids is 1. The van der Waals surface area contributed by atoms with Gasteiger partial charge >= 0.3 is 5.97 Å². The normalized spacial score (nSPS) is 11.4. The molecule has 0 saturated carbocycles. The highest BCUT2D eigenvalue weighted by Gasteiger charge is 2.06. The Morgan fingerprint density at radius 3 is 2.65 bits per heavy atom. The number of fused-ring (bicyclic) bond motifs is 1. The second kappa shape index (κ2) is 9.91. The van der Waals surface area contributed by atoms with Gasteiger partial charge in [-0.2, -0.15) is 0 Å². The molecule has 0 unspecified atom stereocenters. The van der Waals surface area contributed by atoms with Crippen LogP contribution >= 0.6 is 11.3 Å². The molecule has 5 nitrogen and oxygen atoms in total. The third-order valence-electron chi connectivity index (χ3n) is 4.86. The number of anilines is 1. The van der Waals surface area contributed by atoms with Crippen LogP contribution in [-0.2, 0) is 0 Å². The van der Waals surface area contributed by atoms with Crippen molar-refractivity contribution in [2.75, 3.05) is 18.5 Å². The van der Waals surface area contributed by atoms with E-state index in [1.165, 1.54) is 0 Å². The second-order valence-electron chi connectivity index (χ2n) is 7.00. The Hall–Kier alpha value is -3.64. The number of nitrogens with one attached hydrogen (secondary N) is 1. The summed E-state index contributed by atoms with van der Waals surface area (Å²) in [7, 11) is 0. The molecular formula is C25H22N2O3S. The van der Waals surface area contributed by atoms with Crippen molar-refractivity contribution in [3.63, 3.8) is 0 Å². The Morgan fingerprint density at radius 2 is 1.87 bits per heavy atom. The summed E-state index contributed by atoms with van der Waals surface area (Å²) in [5.41, 5.74) is 2.36. The highest BCUT2D eigenvalue weighted by molar-refractivity contribution is 7.13. The van der Waals surface area contributed by atoms with Crippen molar-refractivity contribution in [2.24, 2.45) is 0 Å². The molecule has 0 fully saturated rings. The number of nitrogens with zero attached hydrogens (tertiary/aromatic N) is 1. The molecule has 0 amide bonds. The average molecular weight is 431 g/mol. The zero-order chi connectivity index (χ0) is 21.5. The maximum absolute atomic E-state index is 11.1. The van der Waals surface area contributed by atoms with Crippen LogP contribution in [0.1, 0.15) is 22.3 Å². The van der Waals surface area contributed by atoms with E-state index in [0.29, 0.717) is 13.2 Å². The van der Waals surface area contributed by atoms with Crippen LogP contribution in [0.3, 0.4) is 0 Å². The lowest BCUT2D eigenvalue weighted by molar-refractivity contribution is 0.0697. The molecule has 2 N–H and O–H groups in total. The summed E-state index contributed by atoms with van der Waals surface area (Å²) in [4.78, 5) is 15.4.